The molecule has 0 aliphatic carbocycles. The zero-order valence-electron chi connectivity index (χ0n) is 10.3. The van der Waals surface area contributed by atoms with Gasteiger partial charge in [0, 0.05) is 0 Å². The van der Waals surface area contributed by atoms with Crippen molar-refractivity contribution in [2.45, 2.75) is 10.2 Å². The van der Waals surface area contributed by atoms with E-state index in [-0.39, 0.29) is 5.75 Å². The number of nitriles is 1. The van der Waals surface area contributed by atoms with E-state index in [4.69, 9.17) is 10.4 Å². The number of aliphatic carboxylic acids is 1. The molecule has 2 rings (SSSR count). The van der Waals surface area contributed by atoms with Crippen LogP contribution in [-0.2, 0) is 4.79 Å². The maximum atomic E-state index is 10.5. The molecule has 0 aliphatic heterocycles. The second-order valence-electron chi connectivity index (χ2n) is 3.53. The van der Waals surface area contributed by atoms with E-state index >= 15 is 0 Å². The fourth-order valence-electron chi connectivity index (χ4n) is 1.37. The number of nitrogens with zero attached hydrogens (tertiary/aromatic N) is 4. The van der Waals surface area contributed by atoms with Gasteiger partial charge < -0.3 is 10.1 Å². The van der Waals surface area contributed by atoms with Crippen LogP contribution in [0.2, 0.25) is 0 Å². The predicted molar refractivity (Wildman–Crippen MR) is 74.5 cm³/mol. The van der Waals surface area contributed by atoms with Crippen molar-refractivity contribution in [2.75, 3.05) is 12.0 Å². The molecule has 9 heteroatoms. The number of carbonyl (C=O) groups is 1. The highest BCUT2D eigenvalue weighted by molar-refractivity contribution is 7.99. The molecule has 0 aromatic carbocycles. The van der Waals surface area contributed by atoms with Gasteiger partial charge in [0.25, 0.3) is 0 Å². The third kappa shape index (κ3) is 3.28. The summed E-state index contributed by atoms with van der Waals surface area (Å²) in [6, 6.07) is 5.40. The van der Waals surface area contributed by atoms with E-state index in [2.05, 4.69) is 26.2 Å². The molecule has 0 aliphatic rings. The molecule has 2 N–H and O–H groups in total. The topological polar surface area (TPSA) is 116 Å². The Morgan fingerprint density at radius 3 is 2.95 bits per heavy atom. The van der Waals surface area contributed by atoms with Gasteiger partial charge in [-0.1, -0.05) is 11.8 Å². The molecule has 0 amide bonds. The number of hydrogen-bond acceptors (Lipinski definition) is 7. The molecule has 0 fully saturated rings. The summed E-state index contributed by atoms with van der Waals surface area (Å²) in [4.78, 5) is 17.7. The number of rotatable bonds is 5. The first-order valence-corrected chi connectivity index (χ1v) is 7.58. The first kappa shape index (κ1) is 14.4. The Kier molecular flexibility index (Phi) is 4.60. The van der Waals surface area contributed by atoms with Crippen molar-refractivity contribution in [3.05, 3.63) is 17.7 Å². The van der Waals surface area contributed by atoms with Gasteiger partial charge in [0.05, 0.1) is 11.3 Å². The largest absolute Gasteiger partial charge is 0.481 e. The lowest BCUT2D eigenvalue weighted by Crippen LogP contribution is -1.97. The minimum absolute atomic E-state index is 0.0918. The highest BCUT2D eigenvalue weighted by Crippen LogP contribution is 2.23. The molecule has 0 unspecified atom stereocenters. The van der Waals surface area contributed by atoms with Crippen LogP contribution in [0.5, 0.6) is 0 Å². The van der Waals surface area contributed by atoms with E-state index in [1.54, 1.807) is 12.1 Å². The van der Waals surface area contributed by atoms with Crippen molar-refractivity contribution in [3.63, 3.8) is 0 Å². The summed E-state index contributed by atoms with van der Waals surface area (Å²) in [6.07, 6.45) is 1.83. The fraction of sp³-hybridized carbons (Fsp3) is 0.182. The second-order valence-corrected chi connectivity index (χ2v) is 5.29. The highest BCUT2D eigenvalue weighted by Gasteiger charge is 2.11. The third-order valence-corrected chi connectivity index (χ3v) is 3.76. The highest BCUT2D eigenvalue weighted by atomic mass is 32.2. The van der Waals surface area contributed by atoms with Gasteiger partial charge in [-0.15, -0.1) is 22.0 Å². The quantitative estimate of drug-likeness (QED) is 0.801. The smallest absolute Gasteiger partial charge is 0.313 e. The maximum absolute atomic E-state index is 10.5. The van der Waals surface area contributed by atoms with Gasteiger partial charge in [0.1, 0.15) is 16.8 Å². The lowest BCUT2D eigenvalue weighted by atomic mass is 10.2. The normalized spacial score (nSPS) is 10.2. The molecule has 7 nitrogen and oxygen atoms in total. The Bertz CT molecular complexity index is 680. The van der Waals surface area contributed by atoms with Crippen molar-refractivity contribution in [1.29, 1.82) is 5.26 Å². The van der Waals surface area contributed by atoms with Crippen LogP contribution in [0.25, 0.3) is 11.5 Å². The van der Waals surface area contributed by atoms with Gasteiger partial charge >= 0.3 is 5.97 Å². The standard InChI is InChI=1S/C11H9N5O2S2/c1-19-10-6(4-12)2-3-7(13-10)9-14-11(16-15-9)20-5-8(17)18/h2-3H,5H2,1H3,(H,17,18)(H,14,15,16). The Morgan fingerprint density at radius 1 is 1.50 bits per heavy atom. The number of aromatic nitrogens is 4. The van der Waals surface area contributed by atoms with E-state index in [9.17, 15) is 4.79 Å². The number of carboxylic acid groups (broad SMARTS) is 1. The summed E-state index contributed by atoms with van der Waals surface area (Å²) in [5, 5.41) is 26.3. The molecule has 0 saturated carbocycles. The zero-order chi connectivity index (χ0) is 14.5. The van der Waals surface area contributed by atoms with Gasteiger partial charge in [0.15, 0.2) is 11.0 Å². The van der Waals surface area contributed by atoms with Crippen LogP contribution >= 0.6 is 23.5 Å². The van der Waals surface area contributed by atoms with Crippen LogP contribution in [0.4, 0.5) is 0 Å². The fourth-order valence-corrected chi connectivity index (χ4v) is 2.42. The van der Waals surface area contributed by atoms with Crippen LogP contribution in [0.1, 0.15) is 5.56 Å². The van der Waals surface area contributed by atoms with Crippen LogP contribution in [0, 0.1) is 11.3 Å². The average molecular weight is 307 g/mol. The van der Waals surface area contributed by atoms with Gasteiger partial charge in [-0.2, -0.15) is 5.26 Å². The molecule has 2 aromatic rings. The van der Waals surface area contributed by atoms with Crippen molar-refractivity contribution in [3.8, 4) is 17.6 Å². The number of pyridine rings is 1. The Hall–Kier alpha value is -2.05. The average Bonchev–Trinajstić information content (AvgIpc) is 2.93. The molecule has 0 radical (unpaired) electrons. The molecule has 0 bridgehead atoms. The first-order chi connectivity index (χ1) is 9.63. The molecule has 0 spiro atoms. The van der Waals surface area contributed by atoms with Gasteiger partial charge in [-0.3, -0.25) is 4.79 Å². The van der Waals surface area contributed by atoms with E-state index in [1.807, 2.05) is 6.26 Å². The number of hydrogen-bond donors (Lipinski definition) is 2. The van der Waals surface area contributed by atoms with Crippen molar-refractivity contribution < 1.29 is 9.90 Å². The van der Waals surface area contributed by atoms with Crippen LogP contribution in [0.15, 0.2) is 22.3 Å². The van der Waals surface area contributed by atoms with Gasteiger partial charge in [-0.05, 0) is 18.4 Å². The Balaban J connectivity index is 2.24. The number of nitrogens with one attached hydrogen (secondary N) is 1. The molecular weight excluding hydrogens is 298 g/mol. The summed E-state index contributed by atoms with van der Waals surface area (Å²) in [6.45, 7) is 0. The molecule has 2 heterocycles. The zero-order valence-corrected chi connectivity index (χ0v) is 12.0. The van der Waals surface area contributed by atoms with Gasteiger partial charge in [-0.25, -0.2) is 4.98 Å². The minimum atomic E-state index is -0.922. The molecule has 0 saturated heterocycles. The summed E-state index contributed by atoms with van der Waals surface area (Å²) in [5.74, 6) is -0.572. The first-order valence-electron chi connectivity index (χ1n) is 5.37. The second kappa shape index (κ2) is 6.40. The Morgan fingerprint density at radius 2 is 2.30 bits per heavy atom. The molecule has 0 atom stereocenters. The SMILES string of the molecule is CSc1nc(-c2nnc(SCC(=O)O)[nH]2)ccc1C#N. The maximum Gasteiger partial charge on any atom is 0.313 e. The lowest BCUT2D eigenvalue weighted by molar-refractivity contribution is -0.133. The van der Waals surface area contributed by atoms with Crippen LogP contribution in [0.3, 0.4) is 0 Å². The molecule has 102 valence electrons. The van der Waals surface area contributed by atoms with E-state index in [0.717, 1.165) is 11.8 Å². The van der Waals surface area contributed by atoms with Crippen LogP contribution < -0.4 is 0 Å². The summed E-state index contributed by atoms with van der Waals surface area (Å²) in [5.41, 5.74) is 1.06. The summed E-state index contributed by atoms with van der Waals surface area (Å²) >= 11 is 2.42. The van der Waals surface area contributed by atoms with Crippen molar-refractivity contribution >= 4 is 29.5 Å². The monoisotopic (exact) mass is 307 g/mol. The number of aromatic amines is 1. The predicted octanol–water partition coefficient (Wildman–Crippen LogP) is 1.64. The molecule has 20 heavy (non-hydrogen) atoms. The lowest BCUT2D eigenvalue weighted by Gasteiger charge is -2.01. The number of H-pyrrole nitrogens is 1. The van der Waals surface area contributed by atoms with Crippen LogP contribution in [-0.4, -0.2) is 43.2 Å². The minimum Gasteiger partial charge on any atom is -0.481 e. The van der Waals surface area contributed by atoms with Crippen molar-refractivity contribution in [2.24, 2.45) is 0 Å². The van der Waals surface area contributed by atoms with E-state index in [0.29, 0.717) is 27.3 Å². The van der Waals surface area contributed by atoms with Crippen molar-refractivity contribution in [1.82, 2.24) is 20.2 Å². The molecular formula is C11H9N5O2S2. The summed E-state index contributed by atoms with van der Waals surface area (Å²) in [7, 11) is 0. The summed E-state index contributed by atoms with van der Waals surface area (Å²) < 4.78 is 0. The molecule has 2 aromatic heterocycles. The Labute approximate surface area is 122 Å². The third-order valence-electron chi connectivity index (χ3n) is 2.22. The van der Waals surface area contributed by atoms with Gasteiger partial charge in [0.2, 0.25) is 0 Å². The van der Waals surface area contributed by atoms with E-state index < -0.39 is 5.97 Å². The number of thioether (sulfide) groups is 2. The number of carboxylic acids is 1. The van der Waals surface area contributed by atoms with E-state index in [1.165, 1.54) is 11.8 Å².